The first-order chi connectivity index (χ1) is 6.72. The van der Waals surface area contributed by atoms with Crippen molar-refractivity contribution in [3.05, 3.63) is 0 Å². The molecule has 2 fully saturated rings. The molecule has 1 aliphatic heterocycles. The average molecular weight is 196 g/mol. The van der Waals surface area contributed by atoms with Gasteiger partial charge in [0.15, 0.2) is 0 Å². The van der Waals surface area contributed by atoms with E-state index in [2.05, 4.69) is 6.92 Å². The van der Waals surface area contributed by atoms with Crippen LogP contribution in [0.25, 0.3) is 0 Å². The predicted molar refractivity (Wildman–Crippen MR) is 55.7 cm³/mol. The molecule has 3 nitrogen and oxygen atoms in total. The van der Waals surface area contributed by atoms with Crippen LogP contribution in [0.1, 0.15) is 32.6 Å². The minimum absolute atomic E-state index is 0.214. The van der Waals surface area contributed by atoms with E-state index >= 15 is 0 Å². The van der Waals surface area contributed by atoms with Gasteiger partial charge in [0.05, 0.1) is 0 Å². The van der Waals surface area contributed by atoms with Gasteiger partial charge in [0.25, 0.3) is 0 Å². The van der Waals surface area contributed by atoms with E-state index in [-0.39, 0.29) is 6.04 Å². The first kappa shape index (κ1) is 9.97. The first-order valence-corrected chi connectivity index (χ1v) is 5.76. The largest absolute Gasteiger partial charge is 0.341 e. The van der Waals surface area contributed by atoms with E-state index < -0.39 is 0 Å². The number of piperidine rings is 1. The number of nitrogens with zero attached hydrogens (tertiary/aromatic N) is 1. The Labute approximate surface area is 85.6 Å². The molecule has 0 bridgehead atoms. The van der Waals surface area contributed by atoms with E-state index in [1.165, 1.54) is 0 Å². The Balaban J connectivity index is 1.85. The first-order valence-electron chi connectivity index (χ1n) is 5.76. The number of carbonyl (C=O) groups excluding carboxylic acids is 1. The van der Waals surface area contributed by atoms with Gasteiger partial charge in [0.1, 0.15) is 0 Å². The molecule has 2 rings (SSSR count). The minimum Gasteiger partial charge on any atom is -0.341 e. The molecule has 3 atom stereocenters. The Morgan fingerprint density at radius 1 is 1.57 bits per heavy atom. The molecule has 1 amide bonds. The molecular formula is C11H20N2O. The van der Waals surface area contributed by atoms with Crippen LogP contribution >= 0.6 is 0 Å². The second-order valence-electron chi connectivity index (χ2n) is 4.70. The summed E-state index contributed by atoms with van der Waals surface area (Å²) in [5, 5.41) is 0. The molecule has 2 N–H and O–H groups in total. The predicted octanol–water partition coefficient (Wildman–Crippen LogP) is 0.982. The molecule has 0 radical (unpaired) electrons. The average Bonchev–Trinajstić information content (AvgIpc) is 2.95. The van der Waals surface area contributed by atoms with Gasteiger partial charge in [-0.1, -0.05) is 13.3 Å². The number of carbonyl (C=O) groups is 1. The van der Waals surface area contributed by atoms with Gasteiger partial charge in [0, 0.05) is 25.0 Å². The third kappa shape index (κ3) is 1.92. The fourth-order valence-electron chi connectivity index (χ4n) is 2.45. The van der Waals surface area contributed by atoms with Crippen molar-refractivity contribution in [2.24, 2.45) is 17.6 Å². The van der Waals surface area contributed by atoms with E-state index in [4.69, 9.17) is 5.73 Å². The summed E-state index contributed by atoms with van der Waals surface area (Å²) in [5.41, 5.74) is 5.86. The summed E-state index contributed by atoms with van der Waals surface area (Å²) in [6.07, 6.45) is 4.42. The molecule has 14 heavy (non-hydrogen) atoms. The van der Waals surface area contributed by atoms with Crippen molar-refractivity contribution in [1.82, 2.24) is 4.90 Å². The van der Waals surface area contributed by atoms with Crippen LogP contribution in [0, 0.1) is 11.8 Å². The second-order valence-corrected chi connectivity index (χ2v) is 4.70. The summed E-state index contributed by atoms with van der Waals surface area (Å²) in [6, 6.07) is 0.214. The van der Waals surface area contributed by atoms with E-state index in [1.54, 1.807) is 0 Å². The number of amides is 1. The van der Waals surface area contributed by atoms with Gasteiger partial charge in [-0.3, -0.25) is 4.79 Å². The Kier molecular flexibility index (Phi) is 2.77. The topological polar surface area (TPSA) is 46.3 Å². The van der Waals surface area contributed by atoms with Crippen LogP contribution in [0.5, 0.6) is 0 Å². The highest BCUT2D eigenvalue weighted by Crippen LogP contribution is 2.42. The Morgan fingerprint density at radius 3 is 2.93 bits per heavy atom. The summed E-state index contributed by atoms with van der Waals surface area (Å²) in [4.78, 5) is 13.9. The zero-order valence-corrected chi connectivity index (χ0v) is 8.91. The van der Waals surface area contributed by atoms with Crippen molar-refractivity contribution in [3.8, 4) is 0 Å². The van der Waals surface area contributed by atoms with Gasteiger partial charge >= 0.3 is 0 Å². The lowest BCUT2D eigenvalue weighted by atomic mass is 10.1. The number of rotatable bonds is 2. The van der Waals surface area contributed by atoms with Gasteiger partial charge < -0.3 is 10.6 Å². The quantitative estimate of drug-likeness (QED) is 0.715. The van der Waals surface area contributed by atoms with Gasteiger partial charge in [-0.25, -0.2) is 0 Å². The molecule has 0 aromatic heterocycles. The van der Waals surface area contributed by atoms with Gasteiger partial charge in [-0.2, -0.15) is 0 Å². The molecule has 1 aliphatic carbocycles. The number of nitrogens with two attached hydrogens (primary N) is 1. The van der Waals surface area contributed by atoms with Crippen LogP contribution in [-0.2, 0) is 4.79 Å². The lowest BCUT2D eigenvalue weighted by Gasteiger charge is -2.31. The molecular weight excluding hydrogens is 176 g/mol. The summed E-state index contributed by atoms with van der Waals surface area (Å²) in [5.74, 6) is 1.37. The molecule has 80 valence electrons. The van der Waals surface area contributed by atoms with Gasteiger partial charge in [-0.15, -0.1) is 0 Å². The highest BCUT2D eigenvalue weighted by Gasteiger charge is 2.43. The Hall–Kier alpha value is -0.570. The highest BCUT2D eigenvalue weighted by atomic mass is 16.2. The normalized spacial score (nSPS) is 37.0. The van der Waals surface area contributed by atoms with E-state index in [9.17, 15) is 4.79 Å². The second kappa shape index (κ2) is 3.89. The fraction of sp³-hybridized carbons (Fsp3) is 0.909. The number of likely N-dealkylation sites (tertiary alicyclic amines) is 1. The van der Waals surface area contributed by atoms with Gasteiger partial charge in [-0.05, 0) is 25.2 Å². The summed E-state index contributed by atoms with van der Waals surface area (Å²) in [7, 11) is 0. The monoisotopic (exact) mass is 196 g/mol. The van der Waals surface area contributed by atoms with Crippen molar-refractivity contribution in [2.45, 2.75) is 38.6 Å². The molecule has 1 heterocycles. The SMILES string of the molecule is CC[C@@H]1C[C@H]1C(=O)N1CCCC(N)C1. The molecule has 2 aliphatic rings. The summed E-state index contributed by atoms with van der Waals surface area (Å²) >= 11 is 0. The standard InChI is InChI=1S/C11H20N2O/c1-2-8-6-10(8)11(14)13-5-3-4-9(12)7-13/h8-10H,2-7,12H2,1H3/t8-,9?,10-/m1/s1. The maximum absolute atomic E-state index is 11.9. The molecule has 1 saturated carbocycles. The van der Waals surface area contributed by atoms with Crippen LogP contribution in [0.3, 0.4) is 0 Å². The molecule has 3 heteroatoms. The Morgan fingerprint density at radius 2 is 2.36 bits per heavy atom. The number of hydrogen-bond acceptors (Lipinski definition) is 2. The van der Waals surface area contributed by atoms with E-state index in [0.29, 0.717) is 17.7 Å². The Bertz CT molecular complexity index is 229. The van der Waals surface area contributed by atoms with Crippen molar-refractivity contribution >= 4 is 5.91 Å². The van der Waals surface area contributed by atoms with Crippen LogP contribution < -0.4 is 5.73 Å². The molecule has 0 spiro atoms. The van der Waals surface area contributed by atoms with Crippen molar-refractivity contribution in [3.63, 3.8) is 0 Å². The van der Waals surface area contributed by atoms with Crippen molar-refractivity contribution < 1.29 is 4.79 Å². The van der Waals surface area contributed by atoms with Crippen LogP contribution in [0.2, 0.25) is 0 Å². The van der Waals surface area contributed by atoms with Crippen LogP contribution in [0.15, 0.2) is 0 Å². The zero-order valence-electron chi connectivity index (χ0n) is 8.91. The summed E-state index contributed by atoms with van der Waals surface area (Å²) < 4.78 is 0. The van der Waals surface area contributed by atoms with Crippen molar-refractivity contribution in [1.29, 1.82) is 0 Å². The van der Waals surface area contributed by atoms with E-state index in [1.807, 2.05) is 4.90 Å². The lowest BCUT2D eigenvalue weighted by molar-refractivity contribution is -0.134. The molecule has 1 saturated heterocycles. The van der Waals surface area contributed by atoms with E-state index in [0.717, 1.165) is 38.8 Å². The zero-order chi connectivity index (χ0) is 10.1. The molecule has 0 aromatic rings. The fourth-order valence-corrected chi connectivity index (χ4v) is 2.45. The summed E-state index contributed by atoms with van der Waals surface area (Å²) in [6.45, 7) is 3.88. The van der Waals surface area contributed by atoms with Crippen molar-refractivity contribution in [2.75, 3.05) is 13.1 Å². The smallest absolute Gasteiger partial charge is 0.226 e. The third-order valence-electron chi connectivity index (χ3n) is 3.53. The maximum atomic E-state index is 11.9. The highest BCUT2D eigenvalue weighted by molar-refractivity contribution is 5.81. The molecule has 1 unspecified atom stereocenters. The van der Waals surface area contributed by atoms with Gasteiger partial charge in [0.2, 0.25) is 5.91 Å². The third-order valence-corrected chi connectivity index (χ3v) is 3.53. The lowest BCUT2D eigenvalue weighted by Crippen LogP contribution is -2.46. The van der Waals surface area contributed by atoms with Crippen LogP contribution in [-0.4, -0.2) is 29.9 Å². The number of hydrogen-bond donors (Lipinski definition) is 1. The molecule has 0 aromatic carbocycles. The maximum Gasteiger partial charge on any atom is 0.226 e. The van der Waals surface area contributed by atoms with Crippen LogP contribution in [0.4, 0.5) is 0 Å². The minimum atomic E-state index is 0.214.